The summed E-state index contributed by atoms with van der Waals surface area (Å²) in [6.07, 6.45) is -0.0629. The number of carbonyl (C=O) groups excluding carboxylic acids is 2. The zero-order valence-corrected chi connectivity index (χ0v) is 16.4. The smallest absolute Gasteiger partial charge is 0.352 e. The first kappa shape index (κ1) is 21.6. The maximum atomic E-state index is 12.8. The highest BCUT2D eigenvalue weighted by Crippen LogP contribution is 2.29. The lowest BCUT2D eigenvalue weighted by Crippen LogP contribution is -2.42. The van der Waals surface area contributed by atoms with E-state index < -0.39 is 11.7 Å². The molecule has 1 heterocycles. The minimum atomic E-state index is -4.41. The summed E-state index contributed by atoms with van der Waals surface area (Å²) in [6, 6.07) is 14.4. The molecule has 1 aliphatic rings. The second kappa shape index (κ2) is 9.61. The molecule has 7 heteroatoms. The first-order valence-electron chi connectivity index (χ1n) is 9.79. The third-order valence-electron chi connectivity index (χ3n) is 5.12. The maximum Gasteiger partial charge on any atom is 0.416 e. The summed E-state index contributed by atoms with van der Waals surface area (Å²) in [6.45, 7) is 0.987. The minimum absolute atomic E-state index is 0.0434. The van der Waals surface area contributed by atoms with Crippen LogP contribution in [0.5, 0.6) is 0 Å². The Morgan fingerprint density at radius 1 is 1.03 bits per heavy atom. The Kier molecular flexibility index (Phi) is 6.92. The largest absolute Gasteiger partial charge is 0.416 e. The predicted molar refractivity (Wildman–Crippen MR) is 108 cm³/mol. The van der Waals surface area contributed by atoms with Crippen molar-refractivity contribution in [1.82, 2.24) is 10.2 Å². The van der Waals surface area contributed by atoms with Crippen LogP contribution in [0.4, 0.5) is 13.2 Å². The van der Waals surface area contributed by atoms with E-state index in [2.05, 4.69) is 5.32 Å². The average molecular weight is 416 g/mol. The van der Waals surface area contributed by atoms with Crippen molar-refractivity contribution in [3.8, 4) is 0 Å². The predicted octanol–water partition coefficient (Wildman–Crippen LogP) is 4.27. The van der Waals surface area contributed by atoms with Gasteiger partial charge in [-0.25, -0.2) is 0 Å². The molecule has 2 aromatic rings. The molecule has 0 aromatic heterocycles. The number of benzene rings is 2. The molecule has 4 nitrogen and oxygen atoms in total. The van der Waals surface area contributed by atoms with Crippen molar-refractivity contribution >= 4 is 17.9 Å². The number of piperidine rings is 1. The van der Waals surface area contributed by atoms with Crippen LogP contribution < -0.4 is 5.32 Å². The number of halogens is 3. The van der Waals surface area contributed by atoms with E-state index >= 15 is 0 Å². The number of nitrogens with one attached hydrogen (secondary N) is 1. The van der Waals surface area contributed by atoms with Crippen molar-refractivity contribution in [2.75, 3.05) is 13.1 Å². The molecule has 1 saturated heterocycles. The van der Waals surface area contributed by atoms with E-state index in [4.69, 9.17) is 0 Å². The molecule has 2 aromatic carbocycles. The Hall–Kier alpha value is -3.09. The Bertz CT molecular complexity index is 902. The average Bonchev–Trinajstić information content (AvgIpc) is 2.76. The highest BCUT2D eigenvalue weighted by Gasteiger charge is 2.30. The quantitative estimate of drug-likeness (QED) is 0.740. The van der Waals surface area contributed by atoms with Gasteiger partial charge in [0.1, 0.15) is 0 Å². The van der Waals surface area contributed by atoms with Crippen LogP contribution in [0.25, 0.3) is 6.08 Å². The zero-order chi connectivity index (χ0) is 21.6. The Morgan fingerprint density at radius 3 is 2.40 bits per heavy atom. The summed E-state index contributed by atoms with van der Waals surface area (Å²) >= 11 is 0. The molecular weight excluding hydrogens is 393 g/mol. The summed E-state index contributed by atoms with van der Waals surface area (Å²) in [5, 5.41) is 2.71. The second-order valence-electron chi connectivity index (χ2n) is 7.26. The lowest BCUT2D eigenvalue weighted by molar-refractivity contribution is -0.137. The lowest BCUT2D eigenvalue weighted by atomic mass is 9.95. The van der Waals surface area contributed by atoms with E-state index in [-0.39, 0.29) is 24.3 Å². The molecule has 0 saturated carbocycles. The van der Waals surface area contributed by atoms with Gasteiger partial charge in [0.2, 0.25) is 11.8 Å². The van der Waals surface area contributed by atoms with Gasteiger partial charge < -0.3 is 10.2 Å². The van der Waals surface area contributed by atoms with Gasteiger partial charge in [0.25, 0.3) is 0 Å². The molecule has 0 bridgehead atoms. The summed E-state index contributed by atoms with van der Waals surface area (Å²) in [5.74, 6) is -0.543. The fourth-order valence-electron chi connectivity index (χ4n) is 3.39. The van der Waals surface area contributed by atoms with Crippen molar-refractivity contribution in [2.24, 2.45) is 5.92 Å². The molecule has 1 fully saturated rings. The number of likely N-dealkylation sites (tertiary alicyclic amines) is 1. The van der Waals surface area contributed by atoms with Crippen molar-refractivity contribution in [1.29, 1.82) is 0 Å². The third kappa shape index (κ3) is 5.95. The van der Waals surface area contributed by atoms with Crippen LogP contribution >= 0.6 is 0 Å². The molecule has 0 spiro atoms. The Balaban J connectivity index is 1.46. The van der Waals surface area contributed by atoms with Gasteiger partial charge in [-0.2, -0.15) is 13.2 Å². The molecule has 1 aliphatic heterocycles. The normalized spacial score (nSPS) is 15.4. The third-order valence-corrected chi connectivity index (χ3v) is 5.12. The van der Waals surface area contributed by atoms with E-state index in [9.17, 15) is 22.8 Å². The van der Waals surface area contributed by atoms with E-state index in [1.807, 2.05) is 30.3 Å². The number of hydrogen-bond donors (Lipinski definition) is 1. The van der Waals surface area contributed by atoms with E-state index in [0.717, 1.165) is 17.7 Å². The Morgan fingerprint density at radius 2 is 1.73 bits per heavy atom. The van der Waals surface area contributed by atoms with Crippen LogP contribution in [0.15, 0.2) is 60.7 Å². The van der Waals surface area contributed by atoms with Crippen LogP contribution in [0.2, 0.25) is 0 Å². The monoisotopic (exact) mass is 416 g/mol. The van der Waals surface area contributed by atoms with Crippen molar-refractivity contribution in [3.63, 3.8) is 0 Å². The van der Waals surface area contributed by atoms with Crippen LogP contribution in [0.3, 0.4) is 0 Å². The number of hydrogen-bond acceptors (Lipinski definition) is 2. The number of nitrogens with zero attached hydrogens (tertiary/aromatic N) is 1. The van der Waals surface area contributed by atoms with Crippen LogP contribution in [-0.2, 0) is 22.3 Å². The topological polar surface area (TPSA) is 49.4 Å². The lowest BCUT2D eigenvalue weighted by Gasteiger charge is -2.30. The van der Waals surface area contributed by atoms with Gasteiger partial charge in [0, 0.05) is 31.6 Å². The van der Waals surface area contributed by atoms with Crippen molar-refractivity contribution < 1.29 is 22.8 Å². The second-order valence-corrected chi connectivity index (χ2v) is 7.26. The molecule has 0 atom stereocenters. The van der Waals surface area contributed by atoms with Gasteiger partial charge in [0.05, 0.1) is 5.56 Å². The molecule has 0 radical (unpaired) electrons. The van der Waals surface area contributed by atoms with Crippen LogP contribution in [-0.4, -0.2) is 29.8 Å². The summed E-state index contributed by atoms with van der Waals surface area (Å²) in [7, 11) is 0. The standard InChI is InChI=1S/C23H23F3N2O2/c24-23(25,26)20-8-4-7-18(15-20)16-27-22(30)19-11-13-28(14-12-19)21(29)10-9-17-5-2-1-3-6-17/h1-10,15,19H,11-14,16H2,(H,27,30)/b10-9+. The zero-order valence-electron chi connectivity index (χ0n) is 16.4. The molecular formula is C23H23F3N2O2. The first-order valence-corrected chi connectivity index (χ1v) is 9.79. The van der Waals surface area contributed by atoms with Crippen molar-refractivity contribution in [2.45, 2.75) is 25.6 Å². The fourth-order valence-corrected chi connectivity index (χ4v) is 3.39. The minimum Gasteiger partial charge on any atom is -0.352 e. The fraction of sp³-hybridized carbons (Fsp3) is 0.304. The summed E-state index contributed by atoms with van der Waals surface area (Å²) in [5.41, 5.74) is 0.608. The van der Waals surface area contributed by atoms with E-state index in [1.54, 1.807) is 17.0 Å². The van der Waals surface area contributed by atoms with Crippen LogP contribution in [0, 0.1) is 5.92 Å². The first-order chi connectivity index (χ1) is 14.3. The highest BCUT2D eigenvalue weighted by molar-refractivity contribution is 5.92. The van der Waals surface area contributed by atoms with Gasteiger partial charge in [-0.05, 0) is 42.2 Å². The molecule has 2 amide bonds. The number of carbonyl (C=O) groups is 2. The highest BCUT2D eigenvalue weighted by atomic mass is 19.4. The molecule has 0 aliphatic carbocycles. The van der Waals surface area contributed by atoms with Crippen molar-refractivity contribution in [3.05, 3.63) is 77.4 Å². The van der Waals surface area contributed by atoms with E-state index in [0.29, 0.717) is 31.5 Å². The van der Waals surface area contributed by atoms with Crippen LogP contribution in [0.1, 0.15) is 29.5 Å². The maximum absolute atomic E-state index is 12.8. The van der Waals surface area contributed by atoms with Gasteiger partial charge in [-0.1, -0.05) is 42.5 Å². The number of alkyl halides is 3. The molecule has 0 unspecified atom stereocenters. The summed E-state index contributed by atoms with van der Waals surface area (Å²) in [4.78, 5) is 26.4. The Labute approximate surface area is 173 Å². The summed E-state index contributed by atoms with van der Waals surface area (Å²) < 4.78 is 38.4. The number of rotatable bonds is 5. The number of amides is 2. The van der Waals surface area contributed by atoms with E-state index in [1.165, 1.54) is 12.1 Å². The molecule has 1 N–H and O–H groups in total. The molecule has 30 heavy (non-hydrogen) atoms. The van der Waals surface area contributed by atoms with Gasteiger partial charge in [-0.15, -0.1) is 0 Å². The van der Waals surface area contributed by atoms with Gasteiger partial charge >= 0.3 is 6.18 Å². The SMILES string of the molecule is O=C(NCc1cccc(C(F)(F)F)c1)C1CCN(C(=O)/C=C/c2ccccc2)CC1. The van der Waals surface area contributed by atoms with Gasteiger partial charge in [0.15, 0.2) is 0 Å². The van der Waals surface area contributed by atoms with Gasteiger partial charge in [-0.3, -0.25) is 9.59 Å². The molecule has 3 rings (SSSR count). The molecule has 158 valence electrons.